The van der Waals surface area contributed by atoms with Gasteiger partial charge in [0.25, 0.3) is 0 Å². The first-order valence-corrected chi connectivity index (χ1v) is 6.53. The molecule has 0 amide bonds. The molecule has 0 heterocycles. The average molecular weight is 214 g/mol. The standard InChI is InChI=1S/C13H30N2/c1-6-10-14-13(9-11-15(4)5)12(7-2)8-3/h12-14H,6-11H2,1-5H3. The zero-order valence-electron chi connectivity index (χ0n) is 11.3. The summed E-state index contributed by atoms with van der Waals surface area (Å²) in [5.41, 5.74) is 0. The smallest absolute Gasteiger partial charge is 0.0107 e. The molecule has 92 valence electrons. The minimum atomic E-state index is 0.711. The molecule has 0 aliphatic heterocycles. The molecule has 0 aliphatic rings. The predicted octanol–water partition coefficient (Wildman–Crippen LogP) is 2.74. The third-order valence-electron chi connectivity index (χ3n) is 3.16. The Morgan fingerprint density at radius 3 is 2.07 bits per heavy atom. The number of hydrogen-bond acceptors (Lipinski definition) is 2. The molecule has 2 nitrogen and oxygen atoms in total. The van der Waals surface area contributed by atoms with Crippen LogP contribution >= 0.6 is 0 Å². The van der Waals surface area contributed by atoms with Gasteiger partial charge in [0.15, 0.2) is 0 Å². The van der Waals surface area contributed by atoms with Crippen LogP contribution in [0, 0.1) is 5.92 Å². The summed E-state index contributed by atoms with van der Waals surface area (Å²) in [6.45, 7) is 9.21. The maximum absolute atomic E-state index is 3.70. The number of nitrogens with one attached hydrogen (secondary N) is 1. The van der Waals surface area contributed by atoms with Crippen LogP contribution < -0.4 is 5.32 Å². The first-order valence-electron chi connectivity index (χ1n) is 6.53. The molecule has 0 aromatic heterocycles. The highest BCUT2D eigenvalue weighted by Gasteiger charge is 2.17. The van der Waals surface area contributed by atoms with E-state index in [1.165, 1.54) is 32.2 Å². The van der Waals surface area contributed by atoms with Crippen LogP contribution in [0.3, 0.4) is 0 Å². The van der Waals surface area contributed by atoms with Crippen molar-refractivity contribution in [1.29, 1.82) is 0 Å². The van der Waals surface area contributed by atoms with E-state index >= 15 is 0 Å². The first-order chi connectivity index (χ1) is 7.15. The lowest BCUT2D eigenvalue weighted by atomic mass is 9.91. The highest BCUT2D eigenvalue weighted by molar-refractivity contribution is 4.75. The maximum atomic E-state index is 3.70. The summed E-state index contributed by atoms with van der Waals surface area (Å²) in [4.78, 5) is 2.28. The fourth-order valence-corrected chi connectivity index (χ4v) is 2.09. The van der Waals surface area contributed by atoms with Gasteiger partial charge in [0.2, 0.25) is 0 Å². The Balaban J connectivity index is 4.03. The topological polar surface area (TPSA) is 15.3 Å². The molecule has 0 aromatic carbocycles. The third kappa shape index (κ3) is 6.91. The fraction of sp³-hybridized carbons (Fsp3) is 1.00. The quantitative estimate of drug-likeness (QED) is 0.635. The molecule has 1 atom stereocenters. The summed E-state index contributed by atoms with van der Waals surface area (Å²) in [6.07, 6.45) is 5.11. The van der Waals surface area contributed by atoms with Gasteiger partial charge in [-0.1, -0.05) is 33.6 Å². The Morgan fingerprint density at radius 2 is 1.67 bits per heavy atom. The van der Waals surface area contributed by atoms with Gasteiger partial charge in [-0.25, -0.2) is 0 Å². The number of hydrogen-bond donors (Lipinski definition) is 1. The number of nitrogens with zero attached hydrogens (tertiary/aromatic N) is 1. The van der Waals surface area contributed by atoms with E-state index < -0.39 is 0 Å². The second-order valence-electron chi connectivity index (χ2n) is 4.73. The molecule has 0 rings (SSSR count). The van der Waals surface area contributed by atoms with E-state index in [1.54, 1.807) is 0 Å². The van der Waals surface area contributed by atoms with E-state index in [1.807, 2.05) is 0 Å². The fourth-order valence-electron chi connectivity index (χ4n) is 2.09. The highest BCUT2D eigenvalue weighted by Crippen LogP contribution is 2.16. The van der Waals surface area contributed by atoms with E-state index in [0.29, 0.717) is 6.04 Å². The molecule has 0 aromatic rings. The van der Waals surface area contributed by atoms with E-state index in [9.17, 15) is 0 Å². The zero-order valence-corrected chi connectivity index (χ0v) is 11.3. The summed E-state index contributed by atoms with van der Waals surface area (Å²) in [5, 5.41) is 3.70. The highest BCUT2D eigenvalue weighted by atomic mass is 15.1. The van der Waals surface area contributed by atoms with Crippen LogP contribution in [0.25, 0.3) is 0 Å². The largest absolute Gasteiger partial charge is 0.314 e. The molecule has 0 fully saturated rings. The van der Waals surface area contributed by atoms with E-state index in [-0.39, 0.29) is 0 Å². The minimum absolute atomic E-state index is 0.711. The summed E-state index contributed by atoms with van der Waals surface area (Å²) >= 11 is 0. The molecule has 0 bridgehead atoms. The Hall–Kier alpha value is -0.0800. The van der Waals surface area contributed by atoms with Crippen molar-refractivity contribution in [3.63, 3.8) is 0 Å². The van der Waals surface area contributed by atoms with Crippen LogP contribution in [0.15, 0.2) is 0 Å². The molecular weight excluding hydrogens is 184 g/mol. The zero-order chi connectivity index (χ0) is 11.7. The van der Waals surface area contributed by atoms with Crippen LogP contribution in [-0.2, 0) is 0 Å². The van der Waals surface area contributed by atoms with E-state index in [2.05, 4.69) is 45.1 Å². The van der Waals surface area contributed by atoms with Crippen molar-refractivity contribution in [1.82, 2.24) is 10.2 Å². The maximum Gasteiger partial charge on any atom is 0.0107 e. The molecule has 1 N–H and O–H groups in total. The van der Waals surface area contributed by atoms with Gasteiger partial charge in [-0.15, -0.1) is 0 Å². The lowest BCUT2D eigenvalue weighted by Crippen LogP contribution is -2.38. The molecule has 1 unspecified atom stereocenters. The summed E-state index contributed by atoms with van der Waals surface area (Å²) in [6, 6.07) is 0.711. The summed E-state index contributed by atoms with van der Waals surface area (Å²) < 4.78 is 0. The molecule has 15 heavy (non-hydrogen) atoms. The molecule has 0 saturated carbocycles. The second kappa shape index (κ2) is 9.17. The van der Waals surface area contributed by atoms with Crippen LogP contribution in [0.2, 0.25) is 0 Å². The SMILES string of the molecule is CCCNC(CCN(C)C)C(CC)CC. The predicted molar refractivity (Wildman–Crippen MR) is 69.3 cm³/mol. The minimum Gasteiger partial charge on any atom is -0.314 e. The summed E-state index contributed by atoms with van der Waals surface area (Å²) in [5.74, 6) is 0.844. The molecule has 2 heteroatoms. The van der Waals surface area contributed by atoms with E-state index in [0.717, 1.165) is 12.5 Å². The van der Waals surface area contributed by atoms with Crippen molar-refractivity contribution in [3.05, 3.63) is 0 Å². The van der Waals surface area contributed by atoms with Gasteiger partial charge in [0.05, 0.1) is 0 Å². The second-order valence-corrected chi connectivity index (χ2v) is 4.73. The molecule has 0 spiro atoms. The van der Waals surface area contributed by atoms with Gasteiger partial charge in [-0.05, 0) is 45.9 Å². The van der Waals surface area contributed by atoms with Crippen LogP contribution in [0.5, 0.6) is 0 Å². The van der Waals surface area contributed by atoms with Crippen LogP contribution in [0.4, 0.5) is 0 Å². The van der Waals surface area contributed by atoms with Gasteiger partial charge in [-0.2, -0.15) is 0 Å². The van der Waals surface area contributed by atoms with Crippen molar-refractivity contribution < 1.29 is 0 Å². The van der Waals surface area contributed by atoms with Crippen molar-refractivity contribution in [2.45, 2.75) is 52.5 Å². The van der Waals surface area contributed by atoms with Gasteiger partial charge in [0, 0.05) is 6.04 Å². The lowest BCUT2D eigenvalue weighted by molar-refractivity contribution is 0.282. The number of rotatable bonds is 9. The Labute approximate surface area is 96.4 Å². The van der Waals surface area contributed by atoms with Crippen LogP contribution in [0.1, 0.15) is 46.5 Å². The molecule has 0 radical (unpaired) electrons. The van der Waals surface area contributed by atoms with Gasteiger partial charge >= 0.3 is 0 Å². The molecular formula is C13H30N2. The first kappa shape index (κ1) is 14.9. The van der Waals surface area contributed by atoms with Crippen molar-refractivity contribution >= 4 is 0 Å². The molecule has 0 aliphatic carbocycles. The Kier molecular flexibility index (Phi) is 9.12. The van der Waals surface area contributed by atoms with Crippen molar-refractivity contribution in [2.24, 2.45) is 5.92 Å². The lowest BCUT2D eigenvalue weighted by Gasteiger charge is -2.27. The Morgan fingerprint density at radius 1 is 1.07 bits per heavy atom. The van der Waals surface area contributed by atoms with Gasteiger partial charge < -0.3 is 10.2 Å². The third-order valence-corrected chi connectivity index (χ3v) is 3.16. The normalized spacial score (nSPS) is 13.8. The van der Waals surface area contributed by atoms with Gasteiger partial charge in [0.1, 0.15) is 0 Å². The van der Waals surface area contributed by atoms with Crippen LogP contribution in [-0.4, -0.2) is 38.1 Å². The summed E-state index contributed by atoms with van der Waals surface area (Å²) in [7, 11) is 4.31. The van der Waals surface area contributed by atoms with Crippen molar-refractivity contribution in [3.8, 4) is 0 Å². The Bertz CT molecular complexity index is 130. The van der Waals surface area contributed by atoms with Gasteiger partial charge in [-0.3, -0.25) is 0 Å². The molecule has 0 saturated heterocycles. The average Bonchev–Trinajstić information content (AvgIpc) is 2.22. The van der Waals surface area contributed by atoms with E-state index in [4.69, 9.17) is 0 Å². The van der Waals surface area contributed by atoms with Crippen molar-refractivity contribution in [2.75, 3.05) is 27.2 Å². The monoisotopic (exact) mass is 214 g/mol.